The molecule has 2 aromatic heterocycles. The molecular weight excluding hydrogens is 531 g/mol. The van der Waals surface area contributed by atoms with E-state index in [-0.39, 0.29) is 28.5 Å². The summed E-state index contributed by atoms with van der Waals surface area (Å²) in [5.74, 6) is -0.558. The summed E-state index contributed by atoms with van der Waals surface area (Å²) < 4.78 is 47.6. The fourth-order valence-corrected chi connectivity index (χ4v) is 6.68. The number of fused-ring (bicyclic) bond motifs is 1. The fourth-order valence-electron chi connectivity index (χ4n) is 5.47. The number of rotatable bonds is 4. The van der Waals surface area contributed by atoms with Crippen LogP contribution < -0.4 is 0 Å². The number of ketones is 1. The molecule has 2 unspecified atom stereocenters. The number of allylic oxidation sites excluding steroid dienone is 7. The van der Waals surface area contributed by atoms with Crippen LogP contribution in [0.1, 0.15) is 62.3 Å². The van der Waals surface area contributed by atoms with Gasteiger partial charge in [-0.25, -0.2) is 0 Å². The average molecular weight is 560 g/mol. The highest BCUT2D eigenvalue weighted by Crippen LogP contribution is 2.45. The maximum Gasteiger partial charge on any atom is 0.418 e. The Kier molecular flexibility index (Phi) is 7.87. The summed E-state index contributed by atoms with van der Waals surface area (Å²) in [4.78, 5) is 16.6. The summed E-state index contributed by atoms with van der Waals surface area (Å²) in [6.45, 7) is 1.87. The van der Waals surface area contributed by atoms with Gasteiger partial charge in [0.05, 0.1) is 23.8 Å². The third kappa shape index (κ3) is 5.50. The van der Waals surface area contributed by atoms with Crippen molar-refractivity contribution in [1.29, 1.82) is 0 Å². The van der Waals surface area contributed by atoms with Crippen molar-refractivity contribution in [2.24, 2.45) is 11.8 Å². The van der Waals surface area contributed by atoms with E-state index in [2.05, 4.69) is 23.6 Å². The van der Waals surface area contributed by atoms with Gasteiger partial charge in [0.15, 0.2) is 5.78 Å². The predicted molar refractivity (Wildman–Crippen MR) is 146 cm³/mol. The highest BCUT2D eigenvalue weighted by atomic mass is 35.5. The van der Waals surface area contributed by atoms with Crippen molar-refractivity contribution in [3.8, 4) is 0 Å². The number of hydrogen-bond acceptors (Lipinski definition) is 4. The highest BCUT2D eigenvalue weighted by molar-refractivity contribution is 7.11. The molecule has 5 rings (SSSR count). The van der Waals surface area contributed by atoms with E-state index >= 15 is 0 Å². The fraction of sp³-hybridized carbons (Fsp3) is 0.367. The van der Waals surface area contributed by atoms with Gasteiger partial charge in [-0.3, -0.25) is 4.79 Å². The Bertz CT molecular complexity index is 1330. The second kappa shape index (κ2) is 11.1. The third-order valence-electron chi connectivity index (χ3n) is 7.47. The zero-order valence-corrected chi connectivity index (χ0v) is 22.6. The van der Waals surface area contributed by atoms with Crippen molar-refractivity contribution in [3.63, 3.8) is 0 Å². The van der Waals surface area contributed by atoms with Crippen molar-refractivity contribution in [2.45, 2.75) is 58.0 Å². The van der Waals surface area contributed by atoms with Crippen molar-refractivity contribution in [1.82, 2.24) is 4.90 Å². The van der Waals surface area contributed by atoms with E-state index in [4.69, 9.17) is 16.0 Å². The molecule has 3 nitrogen and oxygen atoms in total. The summed E-state index contributed by atoms with van der Waals surface area (Å²) in [5, 5.41) is 2.13. The zero-order chi connectivity index (χ0) is 26.9. The van der Waals surface area contributed by atoms with Crippen molar-refractivity contribution >= 4 is 39.9 Å². The minimum Gasteiger partial charge on any atom is -0.472 e. The zero-order valence-electron chi connectivity index (χ0n) is 21.1. The van der Waals surface area contributed by atoms with Crippen LogP contribution in [0.5, 0.6) is 0 Å². The van der Waals surface area contributed by atoms with Crippen LogP contribution in [0.2, 0.25) is 0 Å². The largest absolute Gasteiger partial charge is 0.472 e. The molecular formula is C30H29ClF3NO2S. The number of alkyl halides is 3. The lowest BCUT2D eigenvalue weighted by Crippen LogP contribution is -2.28. The molecule has 0 amide bonds. The highest BCUT2D eigenvalue weighted by Gasteiger charge is 2.42. The van der Waals surface area contributed by atoms with Gasteiger partial charge in [0.25, 0.3) is 0 Å². The Balaban J connectivity index is 1.45. The van der Waals surface area contributed by atoms with Crippen LogP contribution in [0, 0.1) is 11.8 Å². The maximum atomic E-state index is 14.2. The molecule has 2 aromatic rings. The van der Waals surface area contributed by atoms with Gasteiger partial charge in [-0.2, -0.15) is 13.2 Å². The smallest absolute Gasteiger partial charge is 0.418 e. The Morgan fingerprint density at radius 3 is 2.71 bits per heavy atom. The molecule has 0 bridgehead atoms. The van der Waals surface area contributed by atoms with Crippen LogP contribution in [-0.2, 0) is 4.79 Å². The molecule has 0 N–H and O–H groups in total. The number of nitrogens with zero attached hydrogens (tertiary/aromatic N) is 1. The van der Waals surface area contributed by atoms with Crippen molar-refractivity contribution in [3.05, 3.63) is 93.0 Å². The number of carbonyl (C=O) groups excluding carboxylic acids is 1. The summed E-state index contributed by atoms with van der Waals surface area (Å²) in [7, 11) is 0. The summed E-state index contributed by atoms with van der Waals surface area (Å²) in [6, 6.07) is 5.79. The molecule has 0 fully saturated rings. The molecule has 2 atom stereocenters. The predicted octanol–water partition coefficient (Wildman–Crippen LogP) is 9.48. The van der Waals surface area contributed by atoms with Gasteiger partial charge in [0, 0.05) is 33.7 Å². The Labute approximate surface area is 229 Å². The first-order valence-corrected chi connectivity index (χ1v) is 14.2. The molecule has 0 saturated carbocycles. The number of hydrogen-bond donors (Lipinski definition) is 0. The molecule has 0 spiro atoms. The first kappa shape index (κ1) is 26.8. The van der Waals surface area contributed by atoms with Crippen molar-refractivity contribution < 1.29 is 22.4 Å². The minimum atomic E-state index is -4.59. The van der Waals surface area contributed by atoms with Gasteiger partial charge in [-0.15, -0.1) is 11.3 Å². The van der Waals surface area contributed by atoms with Gasteiger partial charge in [-0.05, 0) is 80.0 Å². The topological polar surface area (TPSA) is 33.5 Å². The van der Waals surface area contributed by atoms with Crippen LogP contribution in [0.25, 0.3) is 11.1 Å². The van der Waals surface area contributed by atoms with E-state index in [9.17, 15) is 18.0 Å². The average Bonchev–Trinajstić information content (AvgIpc) is 3.60. The second-order valence-corrected chi connectivity index (χ2v) is 11.3. The monoisotopic (exact) mass is 559 g/mol. The first-order chi connectivity index (χ1) is 18.2. The standard InChI is InChI=1S/C30H29ClF3NO2S/c1-19-11-12-25-24(30(32,33)34)16-23(22-13-14-37-18-22)17-35(25)29(31)27(19)28(36)21-7-3-2-6-20(8-4-9-21)26-10-5-15-38-26/h5-6,10,12-19,21H,2-4,7-9,11H2,1H3. The van der Waals surface area contributed by atoms with E-state index in [0.717, 1.165) is 44.6 Å². The summed E-state index contributed by atoms with van der Waals surface area (Å²) >= 11 is 8.61. The molecule has 8 heteroatoms. The lowest BCUT2D eigenvalue weighted by Gasteiger charge is -2.31. The molecule has 2 aliphatic heterocycles. The number of carbonyl (C=O) groups is 1. The molecule has 0 saturated heterocycles. The second-order valence-electron chi connectivity index (χ2n) is 10.0. The molecule has 1 aliphatic carbocycles. The van der Waals surface area contributed by atoms with Gasteiger partial charge in [0.2, 0.25) is 0 Å². The Hall–Kier alpha value is -2.77. The summed E-state index contributed by atoms with van der Waals surface area (Å²) in [5.41, 5.74) is 1.75. The number of Topliss-reactive ketones (excluding diaryl/α,β-unsaturated/α-hetero) is 1. The van der Waals surface area contributed by atoms with E-state index in [1.54, 1.807) is 29.7 Å². The quantitative estimate of drug-likeness (QED) is 0.350. The third-order valence-corrected chi connectivity index (χ3v) is 8.81. The Morgan fingerprint density at radius 1 is 1.18 bits per heavy atom. The molecule has 4 heterocycles. The van der Waals surface area contributed by atoms with Crippen LogP contribution in [0.4, 0.5) is 13.2 Å². The van der Waals surface area contributed by atoms with Gasteiger partial charge in [0.1, 0.15) is 5.16 Å². The molecule has 38 heavy (non-hydrogen) atoms. The van der Waals surface area contributed by atoms with Gasteiger partial charge in [-0.1, -0.05) is 36.7 Å². The number of halogens is 4. The normalized spacial score (nSPS) is 23.2. The molecule has 0 aromatic carbocycles. The van der Waals surface area contributed by atoms with Crippen LogP contribution >= 0.6 is 22.9 Å². The molecule has 3 aliphatic rings. The lowest BCUT2D eigenvalue weighted by atomic mass is 9.83. The minimum absolute atomic E-state index is 0.0383. The van der Waals surface area contributed by atoms with Crippen LogP contribution in [-0.4, -0.2) is 16.9 Å². The van der Waals surface area contributed by atoms with Gasteiger partial charge < -0.3 is 9.32 Å². The molecule has 200 valence electrons. The Morgan fingerprint density at radius 2 is 2.00 bits per heavy atom. The SMILES string of the molecule is CC1CC=C2C(C(F)(F)F)=CC(c3ccoc3)=CN2C(Cl)=C1C(=O)C1CCCC=C(c2cccs2)CCC1. The molecule has 0 radical (unpaired) electrons. The van der Waals surface area contributed by atoms with Crippen LogP contribution in [0.15, 0.2) is 87.0 Å². The maximum absolute atomic E-state index is 14.2. The van der Waals surface area contributed by atoms with Crippen molar-refractivity contribution in [2.75, 3.05) is 0 Å². The number of furan rings is 1. The van der Waals surface area contributed by atoms with E-state index in [0.29, 0.717) is 23.1 Å². The first-order valence-electron chi connectivity index (χ1n) is 12.9. The number of thiophene rings is 1. The van der Waals surface area contributed by atoms with Gasteiger partial charge >= 0.3 is 6.18 Å². The lowest BCUT2D eigenvalue weighted by molar-refractivity contribution is -0.120. The van der Waals surface area contributed by atoms with E-state index in [1.165, 1.54) is 27.9 Å². The summed E-state index contributed by atoms with van der Waals surface area (Å²) in [6.07, 6.45) is 10.0. The van der Waals surface area contributed by atoms with E-state index in [1.807, 2.05) is 6.92 Å². The van der Waals surface area contributed by atoms with Crippen LogP contribution in [0.3, 0.4) is 0 Å². The van der Waals surface area contributed by atoms with E-state index < -0.39 is 11.7 Å².